The van der Waals surface area contributed by atoms with Crippen LogP contribution in [-0.4, -0.2) is 22.2 Å². The largest absolute Gasteiger partial charge is 0.481 e. The number of unbranched alkanes of at least 4 members (excludes halogenated alkanes) is 1. The molecular weight excluding hydrogens is 232 g/mol. The molecule has 1 unspecified atom stereocenters. The number of carboxylic acids is 2. The Balaban J connectivity index is 0. The summed E-state index contributed by atoms with van der Waals surface area (Å²) >= 11 is 0. The van der Waals surface area contributed by atoms with Gasteiger partial charge < -0.3 is 10.2 Å². The van der Waals surface area contributed by atoms with Gasteiger partial charge >= 0.3 is 11.9 Å². The first-order valence-electron chi connectivity index (χ1n) is 6.75. The Morgan fingerprint density at radius 1 is 1.00 bits per heavy atom. The smallest absolute Gasteiger partial charge is 0.306 e. The van der Waals surface area contributed by atoms with E-state index in [0.29, 0.717) is 12.3 Å². The Morgan fingerprint density at radius 2 is 1.56 bits per heavy atom. The van der Waals surface area contributed by atoms with E-state index in [1.165, 1.54) is 0 Å². The van der Waals surface area contributed by atoms with Gasteiger partial charge in [0.2, 0.25) is 0 Å². The highest BCUT2D eigenvalue weighted by Crippen LogP contribution is 2.06. The van der Waals surface area contributed by atoms with Crippen LogP contribution in [-0.2, 0) is 9.59 Å². The summed E-state index contributed by atoms with van der Waals surface area (Å²) in [5.74, 6) is -0.895. The molecule has 0 aromatic carbocycles. The Hall–Kier alpha value is -1.06. The lowest BCUT2D eigenvalue weighted by Gasteiger charge is -2.02. The lowest BCUT2D eigenvalue weighted by molar-refractivity contribution is -0.141. The zero-order valence-electron chi connectivity index (χ0n) is 12.1. The predicted molar refractivity (Wildman–Crippen MR) is 72.6 cm³/mol. The van der Waals surface area contributed by atoms with Crippen molar-refractivity contribution in [2.75, 3.05) is 0 Å². The molecule has 0 radical (unpaired) electrons. The quantitative estimate of drug-likeness (QED) is 0.696. The predicted octanol–water partition coefficient (Wildman–Crippen LogP) is 3.79. The van der Waals surface area contributed by atoms with Crippen LogP contribution in [0.15, 0.2) is 0 Å². The second kappa shape index (κ2) is 12.4. The molecule has 0 saturated carbocycles. The van der Waals surface area contributed by atoms with E-state index >= 15 is 0 Å². The third-order valence-corrected chi connectivity index (χ3v) is 2.58. The van der Waals surface area contributed by atoms with Gasteiger partial charge in [0.25, 0.3) is 0 Å². The van der Waals surface area contributed by atoms with Crippen molar-refractivity contribution in [1.29, 1.82) is 0 Å². The molecule has 0 spiro atoms. The van der Waals surface area contributed by atoms with E-state index in [0.717, 1.165) is 32.1 Å². The molecule has 108 valence electrons. The molecule has 0 aromatic heterocycles. The topological polar surface area (TPSA) is 74.6 Å². The van der Waals surface area contributed by atoms with Crippen LogP contribution in [0, 0.1) is 11.8 Å². The number of hydrogen-bond donors (Lipinski definition) is 2. The highest BCUT2D eigenvalue weighted by molar-refractivity contribution is 5.69. The summed E-state index contributed by atoms with van der Waals surface area (Å²) in [4.78, 5) is 20.2. The van der Waals surface area contributed by atoms with E-state index in [1.54, 1.807) is 6.92 Å². The maximum absolute atomic E-state index is 10.2. The number of hydrogen-bond acceptors (Lipinski definition) is 2. The summed E-state index contributed by atoms with van der Waals surface area (Å²) < 4.78 is 0. The molecule has 0 rings (SSSR count). The average Bonchev–Trinajstić information content (AvgIpc) is 2.25. The van der Waals surface area contributed by atoms with Gasteiger partial charge in [-0.15, -0.1) is 0 Å². The lowest BCUT2D eigenvalue weighted by atomic mass is 10.1. The fraction of sp³-hybridized carbons (Fsp3) is 0.857. The van der Waals surface area contributed by atoms with Crippen molar-refractivity contribution in [2.45, 2.75) is 66.2 Å². The maximum Gasteiger partial charge on any atom is 0.306 e. The molecule has 0 aromatic rings. The van der Waals surface area contributed by atoms with Gasteiger partial charge in [-0.05, 0) is 18.8 Å². The van der Waals surface area contributed by atoms with Crippen molar-refractivity contribution in [3.05, 3.63) is 0 Å². The molecule has 0 amide bonds. The lowest BCUT2D eigenvalue weighted by Crippen LogP contribution is -2.08. The fourth-order valence-electron chi connectivity index (χ4n) is 1.30. The Bertz CT molecular complexity index is 224. The fourth-order valence-corrected chi connectivity index (χ4v) is 1.30. The number of carboxylic acid groups (broad SMARTS) is 2. The van der Waals surface area contributed by atoms with Crippen LogP contribution in [0.4, 0.5) is 0 Å². The van der Waals surface area contributed by atoms with Gasteiger partial charge in [-0.25, -0.2) is 0 Å². The summed E-state index contributed by atoms with van der Waals surface area (Å²) in [7, 11) is 0. The van der Waals surface area contributed by atoms with E-state index in [4.69, 9.17) is 10.2 Å². The van der Waals surface area contributed by atoms with Gasteiger partial charge in [-0.2, -0.15) is 0 Å². The minimum Gasteiger partial charge on any atom is -0.481 e. The van der Waals surface area contributed by atoms with Crippen molar-refractivity contribution in [2.24, 2.45) is 11.8 Å². The standard InChI is InChI=1S/2C7H14O2/c1-6(2)4-3-5-7(8)9;1-3-4-5-6(2)7(8)9/h2*6H,3-5H2,1-2H3,(H,8,9). The van der Waals surface area contributed by atoms with Crippen molar-refractivity contribution in [3.8, 4) is 0 Å². The van der Waals surface area contributed by atoms with E-state index in [9.17, 15) is 9.59 Å². The molecule has 0 aliphatic rings. The SMILES string of the molecule is CC(C)CCCC(=O)O.CCCCC(C)C(=O)O. The van der Waals surface area contributed by atoms with Crippen LogP contribution in [0.5, 0.6) is 0 Å². The van der Waals surface area contributed by atoms with Crippen LogP contribution in [0.25, 0.3) is 0 Å². The molecule has 0 bridgehead atoms. The van der Waals surface area contributed by atoms with Crippen LogP contribution >= 0.6 is 0 Å². The summed E-state index contributed by atoms with van der Waals surface area (Å²) in [6.07, 6.45) is 5.06. The first-order valence-corrected chi connectivity index (χ1v) is 6.75. The highest BCUT2D eigenvalue weighted by Gasteiger charge is 2.08. The Kier molecular flexibility index (Phi) is 13.3. The van der Waals surface area contributed by atoms with E-state index in [2.05, 4.69) is 20.8 Å². The molecule has 0 fully saturated rings. The van der Waals surface area contributed by atoms with Crippen molar-refractivity contribution >= 4 is 11.9 Å². The minimum atomic E-state index is -0.685. The molecule has 1 atom stereocenters. The maximum atomic E-state index is 10.2. The van der Waals surface area contributed by atoms with Gasteiger partial charge in [0.15, 0.2) is 0 Å². The third-order valence-electron chi connectivity index (χ3n) is 2.58. The Morgan fingerprint density at radius 3 is 1.89 bits per heavy atom. The number of rotatable bonds is 8. The van der Waals surface area contributed by atoms with Gasteiger partial charge in [0.05, 0.1) is 5.92 Å². The monoisotopic (exact) mass is 260 g/mol. The average molecular weight is 260 g/mol. The summed E-state index contributed by atoms with van der Waals surface area (Å²) in [5, 5.41) is 16.6. The van der Waals surface area contributed by atoms with Gasteiger partial charge in [-0.3, -0.25) is 9.59 Å². The first kappa shape index (κ1) is 19.3. The van der Waals surface area contributed by atoms with Crippen LogP contribution < -0.4 is 0 Å². The van der Waals surface area contributed by atoms with E-state index in [1.807, 2.05) is 0 Å². The molecule has 0 saturated heterocycles. The first-order chi connectivity index (χ1) is 8.31. The molecule has 0 aliphatic heterocycles. The summed E-state index contributed by atoms with van der Waals surface area (Å²) in [6, 6.07) is 0. The normalized spacial score (nSPS) is 11.6. The Labute approximate surface area is 110 Å². The molecule has 2 N–H and O–H groups in total. The van der Waals surface area contributed by atoms with Crippen molar-refractivity contribution < 1.29 is 19.8 Å². The van der Waals surface area contributed by atoms with Gasteiger partial charge in [0.1, 0.15) is 0 Å². The number of carbonyl (C=O) groups is 2. The molecule has 4 nitrogen and oxygen atoms in total. The zero-order chi connectivity index (χ0) is 14.6. The summed E-state index contributed by atoms with van der Waals surface area (Å²) in [6.45, 7) is 8.01. The molecule has 0 aliphatic carbocycles. The van der Waals surface area contributed by atoms with E-state index < -0.39 is 11.9 Å². The van der Waals surface area contributed by atoms with Crippen molar-refractivity contribution in [3.63, 3.8) is 0 Å². The third kappa shape index (κ3) is 17.3. The van der Waals surface area contributed by atoms with Gasteiger partial charge in [0, 0.05) is 6.42 Å². The zero-order valence-corrected chi connectivity index (χ0v) is 12.1. The highest BCUT2D eigenvalue weighted by atomic mass is 16.4. The second-order valence-electron chi connectivity index (χ2n) is 5.06. The second-order valence-corrected chi connectivity index (χ2v) is 5.06. The minimum absolute atomic E-state index is 0.162. The number of aliphatic carboxylic acids is 2. The summed E-state index contributed by atoms with van der Waals surface area (Å²) in [5.41, 5.74) is 0. The molecular formula is C14H28O4. The van der Waals surface area contributed by atoms with Crippen LogP contribution in [0.3, 0.4) is 0 Å². The molecule has 4 heteroatoms. The molecule has 18 heavy (non-hydrogen) atoms. The van der Waals surface area contributed by atoms with Crippen LogP contribution in [0.2, 0.25) is 0 Å². The van der Waals surface area contributed by atoms with Crippen molar-refractivity contribution in [1.82, 2.24) is 0 Å². The van der Waals surface area contributed by atoms with Crippen LogP contribution in [0.1, 0.15) is 66.2 Å². The molecule has 0 heterocycles. The van der Waals surface area contributed by atoms with E-state index in [-0.39, 0.29) is 5.92 Å². The van der Waals surface area contributed by atoms with Gasteiger partial charge in [-0.1, -0.05) is 47.0 Å².